The van der Waals surface area contributed by atoms with Crippen LogP contribution in [0.3, 0.4) is 0 Å². The van der Waals surface area contributed by atoms with E-state index >= 15 is 0 Å². The molecular weight excluding hydrogens is 323 g/mol. The molecule has 0 aromatic heterocycles. The van der Waals surface area contributed by atoms with Crippen LogP contribution in [0.15, 0.2) is 18.2 Å². The van der Waals surface area contributed by atoms with Gasteiger partial charge < -0.3 is 20.1 Å². The van der Waals surface area contributed by atoms with E-state index in [-0.39, 0.29) is 24.7 Å². The molecule has 0 aliphatic carbocycles. The van der Waals surface area contributed by atoms with Crippen LogP contribution in [0.4, 0.5) is 9.18 Å². The number of nitrogens with zero attached hydrogens (tertiary/aromatic N) is 1. The van der Waals surface area contributed by atoms with Crippen LogP contribution in [0.1, 0.15) is 25.5 Å². The van der Waals surface area contributed by atoms with E-state index in [0.29, 0.717) is 30.3 Å². The van der Waals surface area contributed by atoms with Crippen LogP contribution in [0, 0.1) is 11.7 Å². The van der Waals surface area contributed by atoms with E-state index in [9.17, 15) is 9.18 Å². The summed E-state index contributed by atoms with van der Waals surface area (Å²) in [6, 6.07) is 3.70. The molecule has 1 saturated heterocycles. The van der Waals surface area contributed by atoms with Gasteiger partial charge in [-0.2, -0.15) is 0 Å². The highest BCUT2D eigenvalue weighted by molar-refractivity contribution is 6.30. The number of urea groups is 1. The molecule has 2 atom stereocenters. The quantitative estimate of drug-likeness (QED) is 0.882. The second-order valence-corrected chi connectivity index (χ2v) is 6.39. The lowest BCUT2D eigenvalue weighted by atomic mass is 9.95. The molecule has 2 unspecified atom stereocenters. The topological polar surface area (TPSA) is 61.8 Å². The molecule has 5 nitrogen and oxygen atoms in total. The molecule has 2 rings (SSSR count). The lowest BCUT2D eigenvalue weighted by Crippen LogP contribution is -2.51. The van der Waals surface area contributed by atoms with Crippen molar-refractivity contribution < 1.29 is 19.0 Å². The number of aliphatic hydroxyl groups excluding tert-OH is 1. The van der Waals surface area contributed by atoms with Crippen LogP contribution in [-0.4, -0.2) is 48.4 Å². The molecule has 1 fully saturated rings. The molecule has 7 heteroatoms. The number of rotatable bonds is 4. The molecule has 1 aromatic carbocycles. The first-order valence-electron chi connectivity index (χ1n) is 7.65. The van der Waals surface area contributed by atoms with E-state index in [1.807, 2.05) is 13.8 Å². The Morgan fingerprint density at radius 2 is 2.30 bits per heavy atom. The Bertz CT molecular complexity index is 556. The second-order valence-electron chi connectivity index (χ2n) is 5.96. The summed E-state index contributed by atoms with van der Waals surface area (Å²) in [6.45, 7) is 4.82. The van der Waals surface area contributed by atoms with Crippen molar-refractivity contribution in [2.75, 3.05) is 26.3 Å². The fourth-order valence-corrected chi connectivity index (χ4v) is 2.75. The second kappa shape index (κ2) is 7.95. The first-order valence-corrected chi connectivity index (χ1v) is 8.03. The van der Waals surface area contributed by atoms with Gasteiger partial charge in [0.05, 0.1) is 31.9 Å². The number of carbonyl (C=O) groups excluding carboxylic acids is 1. The molecular formula is C16H22ClFN2O3. The number of halogens is 2. The first kappa shape index (κ1) is 18.0. The molecule has 2 N–H and O–H groups in total. The van der Waals surface area contributed by atoms with Crippen molar-refractivity contribution in [2.45, 2.75) is 26.0 Å². The van der Waals surface area contributed by atoms with Crippen molar-refractivity contribution >= 4 is 17.6 Å². The monoisotopic (exact) mass is 344 g/mol. The lowest BCUT2D eigenvalue weighted by molar-refractivity contribution is -0.0406. The zero-order valence-electron chi connectivity index (χ0n) is 13.3. The molecule has 128 valence electrons. The summed E-state index contributed by atoms with van der Waals surface area (Å²) in [7, 11) is 0. The zero-order chi connectivity index (χ0) is 17.0. The highest BCUT2D eigenvalue weighted by Crippen LogP contribution is 2.26. The number of hydrogen-bond donors (Lipinski definition) is 2. The fourth-order valence-electron chi connectivity index (χ4n) is 2.60. The van der Waals surface area contributed by atoms with E-state index in [4.69, 9.17) is 21.4 Å². The van der Waals surface area contributed by atoms with Gasteiger partial charge in [-0.3, -0.25) is 0 Å². The summed E-state index contributed by atoms with van der Waals surface area (Å²) in [5, 5.41) is 12.3. The molecule has 0 spiro atoms. The van der Waals surface area contributed by atoms with Gasteiger partial charge in [-0.15, -0.1) is 0 Å². The number of aliphatic hydroxyl groups is 1. The van der Waals surface area contributed by atoms with Crippen LogP contribution in [-0.2, 0) is 4.74 Å². The van der Waals surface area contributed by atoms with Crippen LogP contribution >= 0.6 is 11.6 Å². The van der Waals surface area contributed by atoms with Crippen molar-refractivity contribution in [3.8, 4) is 0 Å². The van der Waals surface area contributed by atoms with Crippen LogP contribution in [0.25, 0.3) is 0 Å². The summed E-state index contributed by atoms with van der Waals surface area (Å²) < 4.78 is 19.5. The van der Waals surface area contributed by atoms with Crippen LogP contribution < -0.4 is 5.32 Å². The molecule has 1 heterocycles. The third kappa shape index (κ3) is 4.56. The van der Waals surface area contributed by atoms with E-state index in [1.54, 1.807) is 17.0 Å². The van der Waals surface area contributed by atoms with Crippen molar-refractivity contribution in [1.82, 2.24) is 10.2 Å². The maximum atomic E-state index is 14.2. The number of amides is 2. The fraction of sp³-hybridized carbons (Fsp3) is 0.562. The first-order chi connectivity index (χ1) is 10.9. The van der Waals surface area contributed by atoms with E-state index < -0.39 is 11.9 Å². The lowest BCUT2D eigenvalue weighted by Gasteiger charge is -2.34. The summed E-state index contributed by atoms with van der Waals surface area (Å²) >= 11 is 5.79. The SMILES string of the molecule is CC(C)C(NC(=O)N1CCOC(CO)C1)c1ccc(Cl)cc1F. The standard InChI is InChI=1S/C16H22ClFN2O3/c1-10(2)15(13-4-3-11(17)7-14(13)18)19-16(22)20-5-6-23-12(8-20)9-21/h3-4,7,10,12,15,21H,5-6,8-9H2,1-2H3,(H,19,22). The van der Waals surface area contributed by atoms with Crippen molar-refractivity contribution in [3.63, 3.8) is 0 Å². The largest absolute Gasteiger partial charge is 0.394 e. The van der Waals surface area contributed by atoms with Gasteiger partial charge >= 0.3 is 6.03 Å². The highest BCUT2D eigenvalue weighted by atomic mass is 35.5. The van der Waals surface area contributed by atoms with Gasteiger partial charge in [0.1, 0.15) is 5.82 Å². The van der Waals surface area contributed by atoms with Gasteiger partial charge in [0.25, 0.3) is 0 Å². The molecule has 1 aliphatic rings. The summed E-state index contributed by atoms with van der Waals surface area (Å²) in [5.74, 6) is -0.434. The number of benzene rings is 1. The molecule has 2 amide bonds. The minimum atomic E-state index is -0.463. The Hall–Kier alpha value is -1.37. The Kier molecular flexibility index (Phi) is 6.21. The van der Waals surface area contributed by atoms with Crippen molar-refractivity contribution in [3.05, 3.63) is 34.6 Å². The minimum absolute atomic E-state index is 0.00399. The Labute approximate surface area is 140 Å². The molecule has 1 aliphatic heterocycles. The molecule has 1 aromatic rings. The van der Waals surface area contributed by atoms with Crippen molar-refractivity contribution in [1.29, 1.82) is 0 Å². The van der Waals surface area contributed by atoms with Gasteiger partial charge in [-0.05, 0) is 18.1 Å². The molecule has 0 radical (unpaired) electrons. The number of ether oxygens (including phenoxy) is 1. The normalized spacial score (nSPS) is 19.7. The molecule has 0 bridgehead atoms. The smallest absolute Gasteiger partial charge is 0.318 e. The summed E-state index contributed by atoms with van der Waals surface area (Å²) in [5.41, 5.74) is 0.407. The average Bonchev–Trinajstić information content (AvgIpc) is 2.53. The van der Waals surface area contributed by atoms with Crippen LogP contribution in [0.2, 0.25) is 5.02 Å². The maximum absolute atomic E-state index is 14.2. The highest BCUT2D eigenvalue weighted by Gasteiger charge is 2.27. The van der Waals surface area contributed by atoms with Gasteiger partial charge in [-0.1, -0.05) is 31.5 Å². The van der Waals surface area contributed by atoms with E-state index in [1.165, 1.54) is 6.07 Å². The Morgan fingerprint density at radius 1 is 1.57 bits per heavy atom. The number of hydrogen-bond acceptors (Lipinski definition) is 3. The third-order valence-corrected chi connectivity index (χ3v) is 4.11. The molecule has 0 saturated carbocycles. The van der Waals surface area contributed by atoms with Gasteiger partial charge in [0.15, 0.2) is 0 Å². The average molecular weight is 345 g/mol. The minimum Gasteiger partial charge on any atom is -0.394 e. The van der Waals surface area contributed by atoms with Crippen molar-refractivity contribution in [2.24, 2.45) is 5.92 Å². The predicted molar refractivity (Wildman–Crippen MR) is 85.9 cm³/mol. The van der Waals surface area contributed by atoms with Gasteiger partial charge in [0, 0.05) is 17.1 Å². The van der Waals surface area contributed by atoms with E-state index in [0.717, 1.165) is 0 Å². The number of nitrogens with one attached hydrogen (secondary N) is 1. The van der Waals surface area contributed by atoms with Crippen LogP contribution in [0.5, 0.6) is 0 Å². The Morgan fingerprint density at radius 3 is 2.91 bits per heavy atom. The Balaban J connectivity index is 2.11. The third-order valence-electron chi connectivity index (χ3n) is 3.87. The number of morpholine rings is 1. The van der Waals surface area contributed by atoms with Gasteiger partial charge in [-0.25, -0.2) is 9.18 Å². The zero-order valence-corrected chi connectivity index (χ0v) is 14.0. The maximum Gasteiger partial charge on any atom is 0.318 e. The van der Waals surface area contributed by atoms with E-state index in [2.05, 4.69) is 5.32 Å². The summed E-state index contributed by atoms with van der Waals surface area (Å²) in [4.78, 5) is 14.0. The summed E-state index contributed by atoms with van der Waals surface area (Å²) in [6.07, 6.45) is -0.376. The molecule has 23 heavy (non-hydrogen) atoms. The predicted octanol–water partition coefficient (Wildman–Crippen LogP) is 2.58. The number of carbonyl (C=O) groups is 1. The van der Waals surface area contributed by atoms with Gasteiger partial charge in [0.2, 0.25) is 0 Å².